The van der Waals surface area contributed by atoms with Crippen molar-refractivity contribution in [2.45, 2.75) is 24.7 Å². The van der Waals surface area contributed by atoms with Crippen molar-refractivity contribution in [3.05, 3.63) is 64.2 Å². The fourth-order valence-electron chi connectivity index (χ4n) is 3.48. The highest BCUT2D eigenvalue weighted by atomic mass is 35.5. The Kier molecular flexibility index (Phi) is 3.92. The molecule has 0 aromatic heterocycles. The molecule has 3 rings (SSSR count). The molecule has 0 radical (unpaired) electrons. The summed E-state index contributed by atoms with van der Waals surface area (Å²) in [4.78, 5) is 0. The first-order valence-corrected chi connectivity index (χ1v) is 7.67. The van der Waals surface area contributed by atoms with E-state index in [0.29, 0.717) is 6.54 Å². The summed E-state index contributed by atoms with van der Waals surface area (Å²) in [5, 5.41) is 0.740. The molecule has 110 valence electrons. The molecule has 2 nitrogen and oxygen atoms in total. The molecule has 1 atom stereocenters. The zero-order valence-electron chi connectivity index (χ0n) is 12.2. The van der Waals surface area contributed by atoms with Gasteiger partial charge in [-0.25, -0.2) is 0 Å². The number of rotatable bonds is 4. The molecule has 0 aliphatic heterocycles. The van der Waals surface area contributed by atoms with E-state index in [2.05, 4.69) is 24.3 Å². The van der Waals surface area contributed by atoms with Crippen molar-refractivity contribution in [1.29, 1.82) is 0 Å². The molecule has 0 saturated heterocycles. The van der Waals surface area contributed by atoms with Crippen LogP contribution >= 0.6 is 11.6 Å². The molecular weight excluding hydrogens is 282 g/mol. The lowest BCUT2D eigenvalue weighted by atomic mass is 9.76. The first-order chi connectivity index (χ1) is 10.2. The molecule has 0 amide bonds. The molecule has 0 fully saturated rings. The smallest absolute Gasteiger partial charge is 0.122 e. The Morgan fingerprint density at radius 2 is 2.05 bits per heavy atom. The number of benzene rings is 2. The number of methoxy groups -OCH3 is 1. The number of hydrogen-bond acceptors (Lipinski definition) is 2. The van der Waals surface area contributed by atoms with Gasteiger partial charge in [-0.1, -0.05) is 35.9 Å². The number of halogens is 1. The zero-order valence-corrected chi connectivity index (χ0v) is 13.0. The van der Waals surface area contributed by atoms with Crippen molar-refractivity contribution in [1.82, 2.24) is 0 Å². The Morgan fingerprint density at radius 1 is 1.24 bits per heavy atom. The standard InChI is InChI=1S/C18H20ClNO/c1-21-17-7-6-15(19)10-14(17)11-18(12-20)9-8-13-4-2-3-5-16(13)18/h2-7,10H,8-9,11-12,20H2,1H3. The molecule has 0 spiro atoms. The van der Waals surface area contributed by atoms with Gasteiger partial charge in [-0.05, 0) is 54.2 Å². The first-order valence-electron chi connectivity index (χ1n) is 7.29. The van der Waals surface area contributed by atoms with Gasteiger partial charge < -0.3 is 10.5 Å². The number of nitrogens with two attached hydrogens (primary N) is 1. The lowest BCUT2D eigenvalue weighted by Gasteiger charge is -2.30. The highest BCUT2D eigenvalue weighted by molar-refractivity contribution is 6.30. The molecule has 1 aliphatic carbocycles. The third kappa shape index (κ3) is 2.54. The third-order valence-electron chi connectivity index (χ3n) is 4.62. The van der Waals surface area contributed by atoms with E-state index in [1.807, 2.05) is 18.2 Å². The van der Waals surface area contributed by atoms with Gasteiger partial charge >= 0.3 is 0 Å². The molecule has 2 aromatic carbocycles. The fraction of sp³-hybridized carbons (Fsp3) is 0.333. The Bertz CT molecular complexity index is 655. The van der Waals surface area contributed by atoms with Crippen molar-refractivity contribution in [3.8, 4) is 5.75 Å². The van der Waals surface area contributed by atoms with Crippen molar-refractivity contribution in [2.75, 3.05) is 13.7 Å². The molecule has 0 bridgehead atoms. The fourth-order valence-corrected chi connectivity index (χ4v) is 3.68. The molecule has 2 aromatic rings. The van der Waals surface area contributed by atoms with E-state index in [0.717, 1.165) is 35.6 Å². The summed E-state index contributed by atoms with van der Waals surface area (Å²) >= 11 is 6.16. The van der Waals surface area contributed by atoms with E-state index < -0.39 is 0 Å². The summed E-state index contributed by atoms with van der Waals surface area (Å²) in [7, 11) is 1.70. The van der Waals surface area contributed by atoms with E-state index >= 15 is 0 Å². The van der Waals surface area contributed by atoms with Crippen LogP contribution in [-0.4, -0.2) is 13.7 Å². The second-order valence-electron chi connectivity index (χ2n) is 5.77. The third-order valence-corrected chi connectivity index (χ3v) is 4.86. The summed E-state index contributed by atoms with van der Waals surface area (Å²) < 4.78 is 5.49. The van der Waals surface area contributed by atoms with Crippen LogP contribution in [0.3, 0.4) is 0 Å². The van der Waals surface area contributed by atoms with Gasteiger partial charge in [-0.2, -0.15) is 0 Å². The highest BCUT2D eigenvalue weighted by Crippen LogP contribution is 2.42. The second-order valence-corrected chi connectivity index (χ2v) is 6.21. The van der Waals surface area contributed by atoms with Gasteiger partial charge in [0.2, 0.25) is 0 Å². The first kappa shape index (κ1) is 14.4. The molecule has 1 aliphatic rings. The highest BCUT2D eigenvalue weighted by Gasteiger charge is 2.38. The van der Waals surface area contributed by atoms with Crippen LogP contribution in [0.2, 0.25) is 5.02 Å². The average molecular weight is 302 g/mol. The molecule has 3 heteroatoms. The van der Waals surface area contributed by atoms with Crippen LogP contribution in [0, 0.1) is 0 Å². The minimum absolute atomic E-state index is 0.00540. The molecule has 21 heavy (non-hydrogen) atoms. The minimum Gasteiger partial charge on any atom is -0.496 e. The van der Waals surface area contributed by atoms with Gasteiger partial charge in [0, 0.05) is 17.0 Å². The van der Waals surface area contributed by atoms with E-state index in [1.165, 1.54) is 11.1 Å². The van der Waals surface area contributed by atoms with Gasteiger partial charge in [0.1, 0.15) is 5.75 Å². The summed E-state index contributed by atoms with van der Waals surface area (Å²) in [6, 6.07) is 14.4. The van der Waals surface area contributed by atoms with Crippen molar-refractivity contribution >= 4 is 11.6 Å². The van der Waals surface area contributed by atoms with Crippen LogP contribution in [0.25, 0.3) is 0 Å². The quantitative estimate of drug-likeness (QED) is 0.934. The van der Waals surface area contributed by atoms with Crippen LogP contribution in [-0.2, 0) is 18.3 Å². The van der Waals surface area contributed by atoms with Crippen LogP contribution in [0.15, 0.2) is 42.5 Å². The largest absolute Gasteiger partial charge is 0.496 e. The van der Waals surface area contributed by atoms with E-state index in [4.69, 9.17) is 22.1 Å². The molecule has 1 unspecified atom stereocenters. The lowest BCUT2D eigenvalue weighted by Crippen LogP contribution is -2.35. The van der Waals surface area contributed by atoms with E-state index in [9.17, 15) is 0 Å². The monoisotopic (exact) mass is 301 g/mol. The number of fused-ring (bicyclic) bond motifs is 1. The molecular formula is C18H20ClNO. The maximum atomic E-state index is 6.19. The summed E-state index contributed by atoms with van der Waals surface area (Å²) in [6.07, 6.45) is 3.04. The molecule has 0 heterocycles. The lowest BCUT2D eigenvalue weighted by molar-refractivity contribution is 0.389. The molecule has 2 N–H and O–H groups in total. The minimum atomic E-state index is -0.00540. The van der Waals surface area contributed by atoms with Gasteiger partial charge in [-0.3, -0.25) is 0 Å². The van der Waals surface area contributed by atoms with E-state index in [1.54, 1.807) is 7.11 Å². The van der Waals surface area contributed by atoms with Crippen LogP contribution in [0.5, 0.6) is 5.75 Å². The Balaban J connectivity index is 2.02. The van der Waals surface area contributed by atoms with Crippen molar-refractivity contribution in [2.24, 2.45) is 5.73 Å². The normalized spacial score (nSPS) is 20.3. The van der Waals surface area contributed by atoms with Crippen molar-refractivity contribution in [3.63, 3.8) is 0 Å². The van der Waals surface area contributed by atoms with Gasteiger partial charge in [0.15, 0.2) is 0 Å². The van der Waals surface area contributed by atoms with E-state index in [-0.39, 0.29) is 5.41 Å². The SMILES string of the molecule is COc1ccc(Cl)cc1CC1(CN)CCc2ccccc21. The summed E-state index contributed by atoms with van der Waals surface area (Å²) in [5.41, 5.74) is 10.1. The Hall–Kier alpha value is -1.51. The zero-order chi connectivity index (χ0) is 14.9. The maximum absolute atomic E-state index is 6.19. The average Bonchev–Trinajstić information content (AvgIpc) is 2.87. The van der Waals surface area contributed by atoms with Crippen LogP contribution in [0.4, 0.5) is 0 Å². The predicted molar refractivity (Wildman–Crippen MR) is 87.2 cm³/mol. The topological polar surface area (TPSA) is 35.2 Å². The summed E-state index contributed by atoms with van der Waals surface area (Å²) in [5.74, 6) is 0.886. The number of hydrogen-bond donors (Lipinski definition) is 1. The van der Waals surface area contributed by atoms with Gasteiger partial charge in [-0.15, -0.1) is 0 Å². The van der Waals surface area contributed by atoms with Gasteiger partial charge in [0.25, 0.3) is 0 Å². The maximum Gasteiger partial charge on any atom is 0.122 e. The number of aryl methyl sites for hydroxylation is 1. The number of ether oxygens (including phenoxy) is 1. The Morgan fingerprint density at radius 3 is 2.81 bits per heavy atom. The van der Waals surface area contributed by atoms with Crippen LogP contribution in [0.1, 0.15) is 23.1 Å². The molecule has 0 saturated carbocycles. The summed E-state index contributed by atoms with van der Waals surface area (Å²) in [6.45, 7) is 0.639. The van der Waals surface area contributed by atoms with Crippen LogP contribution < -0.4 is 10.5 Å². The second kappa shape index (κ2) is 5.70. The van der Waals surface area contributed by atoms with Crippen molar-refractivity contribution < 1.29 is 4.74 Å². The Labute approximate surface area is 130 Å². The predicted octanol–water partition coefficient (Wildman–Crippen LogP) is 3.73. The van der Waals surface area contributed by atoms with Gasteiger partial charge in [0.05, 0.1) is 7.11 Å².